The summed E-state index contributed by atoms with van der Waals surface area (Å²) in [5.74, 6) is 1.24. The Kier molecular flexibility index (Phi) is 5.99. The van der Waals surface area contributed by atoms with E-state index in [1.54, 1.807) is 0 Å². The lowest BCUT2D eigenvalue weighted by molar-refractivity contribution is 0.432. The zero-order valence-corrected chi connectivity index (χ0v) is 11.3. The predicted octanol–water partition coefficient (Wildman–Crippen LogP) is 3.98. The molecule has 0 heterocycles. The summed E-state index contributed by atoms with van der Waals surface area (Å²) >= 11 is 0. The van der Waals surface area contributed by atoms with Crippen molar-refractivity contribution in [1.29, 1.82) is 0 Å². The van der Waals surface area contributed by atoms with Crippen molar-refractivity contribution in [2.45, 2.75) is 39.2 Å². The number of nitrogens with one attached hydrogen (secondary N) is 1. The normalized spacial score (nSPS) is 14.6. The van der Waals surface area contributed by atoms with E-state index in [4.69, 9.17) is 0 Å². The Bertz CT molecular complexity index is 316. The largest absolute Gasteiger partial charge is 0.313 e. The van der Waals surface area contributed by atoms with Gasteiger partial charge in [-0.05, 0) is 30.7 Å². The van der Waals surface area contributed by atoms with E-state index in [0.29, 0.717) is 17.9 Å². The van der Waals surface area contributed by atoms with Gasteiger partial charge in [-0.1, -0.05) is 50.3 Å². The fraction of sp³-hybridized carbons (Fsp3) is 0.500. The fourth-order valence-corrected chi connectivity index (χ4v) is 2.10. The summed E-state index contributed by atoms with van der Waals surface area (Å²) < 4.78 is 0. The SMILES string of the molecule is C=CCC(C)NCC(c1ccccc1)C(C)C. The molecule has 0 aliphatic heterocycles. The molecule has 1 aromatic carbocycles. The first kappa shape index (κ1) is 14.0. The summed E-state index contributed by atoms with van der Waals surface area (Å²) in [7, 11) is 0. The first-order chi connectivity index (χ1) is 8.15. The monoisotopic (exact) mass is 231 g/mol. The van der Waals surface area contributed by atoms with Crippen molar-refractivity contribution in [2.75, 3.05) is 6.54 Å². The number of benzene rings is 1. The van der Waals surface area contributed by atoms with Crippen LogP contribution in [0.2, 0.25) is 0 Å². The molecule has 0 fully saturated rings. The smallest absolute Gasteiger partial charge is 0.00733 e. The molecule has 2 atom stereocenters. The first-order valence-electron chi connectivity index (χ1n) is 6.54. The summed E-state index contributed by atoms with van der Waals surface area (Å²) in [4.78, 5) is 0. The van der Waals surface area contributed by atoms with Crippen molar-refractivity contribution in [3.63, 3.8) is 0 Å². The van der Waals surface area contributed by atoms with Crippen LogP contribution in [-0.4, -0.2) is 12.6 Å². The van der Waals surface area contributed by atoms with Crippen LogP contribution in [0.3, 0.4) is 0 Å². The number of rotatable bonds is 7. The van der Waals surface area contributed by atoms with Gasteiger partial charge in [-0.3, -0.25) is 0 Å². The lowest BCUT2D eigenvalue weighted by atomic mass is 9.88. The van der Waals surface area contributed by atoms with E-state index in [9.17, 15) is 0 Å². The van der Waals surface area contributed by atoms with Crippen molar-refractivity contribution >= 4 is 0 Å². The molecule has 0 aliphatic carbocycles. The minimum Gasteiger partial charge on any atom is -0.313 e. The van der Waals surface area contributed by atoms with Crippen LogP contribution >= 0.6 is 0 Å². The third-order valence-electron chi connectivity index (χ3n) is 3.24. The maximum atomic E-state index is 3.78. The van der Waals surface area contributed by atoms with E-state index in [0.717, 1.165) is 13.0 Å². The van der Waals surface area contributed by atoms with Gasteiger partial charge in [0.1, 0.15) is 0 Å². The molecule has 1 nitrogen and oxygen atoms in total. The zero-order valence-electron chi connectivity index (χ0n) is 11.3. The number of hydrogen-bond acceptors (Lipinski definition) is 1. The van der Waals surface area contributed by atoms with Crippen molar-refractivity contribution in [1.82, 2.24) is 5.32 Å². The van der Waals surface area contributed by atoms with Gasteiger partial charge in [0.25, 0.3) is 0 Å². The molecule has 0 spiro atoms. The molecule has 17 heavy (non-hydrogen) atoms. The molecule has 1 aromatic rings. The van der Waals surface area contributed by atoms with Crippen molar-refractivity contribution in [2.24, 2.45) is 5.92 Å². The van der Waals surface area contributed by atoms with Crippen molar-refractivity contribution in [3.8, 4) is 0 Å². The Morgan fingerprint density at radius 3 is 2.35 bits per heavy atom. The summed E-state index contributed by atoms with van der Waals surface area (Å²) in [5, 5.41) is 3.59. The molecular formula is C16H25N. The van der Waals surface area contributed by atoms with Gasteiger partial charge in [-0.15, -0.1) is 6.58 Å². The van der Waals surface area contributed by atoms with Gasteiger partial charge >= 0.3 is 0 Å². The average molecular weight is 231 g/mol. The highest BCUT2D eigenvalue weighted by Crippen LogP contribution is 2.23. The molecule has 1 N–H and O–H groups in total. The summed E-state index contributed by atoms with van der Waals surface area (Å²) in [6.45, 7) is 11.6. The quantitative estimate of drug-likeness (QED) is 0.700. The fourth-order valence-electron chi connectivity index (χ4n) is 2.10. The van der Waals surface area contributed by atoms with E-state index in [-0.39, 0.29) is 0 Å². The van der Waals surface area contributed by atoms with Gasteiger partial charge in [0.2, 0.25) is 0 Å². The summed E-state index contributed by atoms with van der Waals surface area (Å²) in [5.41, 5.74) is 1.43. The highest BCUT2D eigenvalue weighted by molar-refractivity contribution is 5.20. The standard InChI is InChI=1S/C16H25N/c1-5-9-14(4)17-12-16(13(2)3)15-10-7-6-8-11-15/h5-8,10-11,13-14,16-17H,1,9,12H2,2-4H3. The Labute approximate surface area is 106 Å². The van der Waals surface area contributed by atoms with Crippen molar-refractivity contribution in [3.05, 3.63) is 48.6 Å². The van der Waals surface area contributed by atoms with Gasteiger partial charge in [-0.25, -0.2) is 0 Å². The van der Waals surface area contributed by atoms with Crippen LogP contribution in [-0.2, 0) is 0 Å². The lowest BCUT2D eigenvalue weighted by Gasteiger charge is -2.24. The van der Waals surface area contributed by atoms with Gasteiger partial charge in [0.05, 0.1) is 0 Å². The molecule has 1 rings (SSSR count). The maximum absolute atomic E-state index is 3.78. The molecule has 1 heteroatoms. The molecule has 0 bridgehead atoms. The second-order valence-electron chi connectivity index (χ2n) is 5.09. The highest BCUT2D eigenvalue weighted by Gasteiger charge is 2.15. The van der Waals surface area contributed by atoms with Crippen LogP contribution in [0.1, 0.15) is 38.7 Å². The lowest BCUT2D eigenvalue weighted by Crippen LogP contribution is -2.31. The summed E-state index contributed by atoms with van der Waals surface area (Å²) in [6.07, 6.45) is 3.00. The Balaban J connectivity index is 2.59. The molecule has 2 unspecified atom stereocenters. The minimum absolute atomic E-state index is 0.512. The topological polar surface area (TPSA) is 12.0 Å². The molecular weight excluding hydrogens is 206 g/mol. The van der Waals surface area contributed by atoms with E-state index < -0.39 is 0 Å². The van der Waals surface area contributed by atoms with E-state index in [2.05, 4.69) is 63.0 Å². The molecule has 0 saturated heterocycles. The molecule has 0 saturated carbocycles. The van der Waals surface area contributed by atoms with Crippen LogP contribution in [0.25, 0.3) is 0 Å². The zero-order chi connectivity index (χ0) is 12.7. The predicted molar refractivity (Wildman–Crippen MR) is 76.3 cm³/mol. The van der Waals surface area contributed by atoms with Crippen LogP contribution in [0.4, 0.5) is 0 Å². The first-order valence-corrected chi connectivity index (χ1v) is 6.54. The Morgan fingerprint density at radius 1 is 1.18 bits per heavy atom. The highest BCUT2D eigenvalue weighted by atomic mass is 14.9. The summed E-state index contributed by atoms with van der Waals surface area (Å²) in [6, 6.07) is 11.3. The third-order valence-corrected chi connectivity index (χ3v) is 3.24. The van der Waals surface area contributed by atoms with Crippen LogP contribution in [0.15, 0.2) is 43.0 Å². The van der Waals surface area contributed by atoms with Gasteiger partial charge in [0.15, 0.2) is 0 Å². The van der Waals surface area contributed by atoms with Gasteiger partial charge < -0.3 is 5.32 Å². The van der Waals surface area contributed by atoms with E-state index in [1.165, 1.54) is 5.56 Å². The van der Waals surface area contributed by atoms with Gasteiger partial charge in [-0.2, -0.15) is 0 Å². The van der Waals surface area contributed by atoms with Crippen molar-refractivity contribution < 1.29 is 0 Å². The molecule has 0 radical (unpaired) electrons. The van der Waals surface area contributed by atoms with Gasteiger partial charge in [0, 0.05) is 12.6 Å². The molecule has 0 amide bonds. The maximum Gasteiger partial charge on any atom is 0.00733 e. The molecule has 94 valence electrons. The van der Waals surface area contributed by atoms with Crippen LogP contribution < -0.4 is 5.32 Å². The Hall–Kier alpha value is -1.08. The third kappa shape index (κ3) is 4.74. The second-order valence-corrected chi connectivity index (χ2v) is 5.09. The van der Waals surface area contributed by atoms with Crippen LogP contribution in [0.5, 0.6) is 0 Å². The Morgan fingerprint density at radius 2 is 1.82 bits per heavy atom. The molecule has 0 aromatic heterocycles. The van der Waals surface area contributed by atoms with E-state index in [1.807, 2.05) is 6.08 Å². The molecule has 0 aliphatic rings. The average Bonchev–Trinajstić information content (AvgIpc) is 2.30. The number of hydrogen-bond donors (Lipinski definition) is 1. The second kappa shape index (κ2) is 7.29. The van der Waals surface area contributed by atoms with Crippen LogP contribution in [0, 0.1) is 5.92 Å². The van der Waals surface area contributed by atoms with E-state index >= 15 is 0 Å². The minimum atomic E-state index is 0.512.